The van der Waals surface area contributed by atoms with Crippen molar-refractivity contribution in [2.45, 2.75) is 50.0 Å². The van der Waals surface area contributed by atoms with Gasteiger partial charge in [0, 0.05) is 25.2 Å². The Balaban J connectivity index is 1.94. The lowest BCUT2D eigenvalue weighted by molar-refractivity contribution is -0.146. The molecule has 1 heterocycles. The Morgan fingerprint density at radius 3 is 2.44 bits per heavy atom. The van der Waals surface area contributed by atoms with Crippen molar-refractivity contribution in [3.8, 4) is 0 Å². The molecule has 0 aromatic rings. The van der Waals surface area contributed by atoms with Gasteiger partial charge in [-0.3, -0.25) is 4.90 Å². The average Bonchev–Trinajstić information content (AvgIpc) is 2.29. The molecule has 2 fully saturated rings. The number of hydrogen-bond donors (Lipinski definition) is 1. The topological polar surface area (TPSA) is 15.3 Å². The number of halogens is 4. The summed E-state index contributed by atoms with van der Waals surface area (Å²) in [4.78, 5) is 1.49. The van der Waals surface area contributed by atoms with Crippen LogP contribution in [-0.2, 0) is 0 Å². The fraction of sp³-hybridized carbons (Fsp3) is 1.00. The van der Waals surface area contributed by atoms with E-state index in [2.05, 4.69) is 5.32 Å². The predicted octanol–water partition coefficient (Wildman–Crippen LogP) is 2.49. The van der Waals surface area contributed by atoms with E-state index in [1.54, 1.807) is 0 Å². The van der Waals surface area contributed by atoms with Crippen LogP contribution in [0.25, 0.3) is 0 Å². The molecule has 1 aliphatic carbocycles. The lowest BCUT2D eigenvalue weighted by atomic mass is 9.80. The fourth-order valence-corrected chi connectivity index (χ4v) is 3.11. The van der Waals surface area contributed by atoms with Gasteiger partial charge >= 0.3 is 12.3 Å². The first kappa shape index (κ1) is 14.1. The van der Waals surface area contributed by atoms with E-state index in [0.29, 0.717) is 19.6 Å². The quantitative estimate of drug-likeness (QED) is 0.791. The Bertz CT molecular complexity index is 272. The van der Waals surface area contributed by atoms with Gasteiger partial charge in [-0.05, 0) is 12.8 Å². The average molecular weight is 268 g/mol. The largest absolute Gasteiger partial charge is 0.319 e. The van der Waals surface area contributed by atoms with Crippen LogP contribution in [-0.4, -0.2) is 49.0 Å². The maximum atomic E-state index is 13.1. The van der Waals surface area contributed by atoms with Gasteiger partial charge in [0.05, 0.1) is 6.54 Å². The van der Waals surface area contributed by atoms with E-state index in [4.69, 9.17) is 0 Å². The molecule has 2 aliphatic rings. The van der Waals surface area contributed by atoms with Gasteiger partial charge in [0.1, 0.15) is 0 Å². The zero-order valence-corrected chi connectivity index (χ0v) is 10.4. The van der Waals surface area contributed by atoms with E-state index in [1.165, 1.54) is 11.3 Å². The first-order valence-electron chi connectivity index (χ1n) is 6.57. The summed E-state index contributed by atoms with van der Waals surface area (Å²) in [6, 6.07) is 0. The van der Waals surface area contributed by atoms with Gasteiger partial charge < -0.3 is 5.32 Å². The van der Waals surface area contributed by atoms with E-state index < -0.39 is 18.9 Å². The third-order valence-electron chi connectivity index (χ3n) is 4.02. The fourth-order valence-electron chi connectivity index (χ4n) is 3.11. The van der Waals surface area contributed by atoms with E-state index >= 15 is 0 Å². The van der Waals surface area contributed by atoms with Crippen LogP contribution >= 0.6 is 0 Å². The Kier molecular flexibility index (Phi) is 4.16. The van der Waals surface area contributed by atoms with Crippen molar-refractivity contribution in [2.75, 3.05) is 26.2 Å². The molecule has 0 aromatic carbocycles. The number of hydrogen-bond acceptors (Lipinski definition) is 2. The second-order valence-electron chi connectivity index (χ2n) is 5.54. The first-order valence-corrected chi connectivity index (χ1v) is 6.57. The Morgan fingerprint density at radius 2 is 1.83 bits per heavy atom. The molecular formula is C12H20F4N2. The molecule has 1 spiro atoms. The summed E-state index contributed by atoms with van der Waals surface area (Å²) in [5.41, 5.74) is -0.116. The summed E-state index contributed by atoms with van der Waals surface area (Å²) < 4.78 is 50.6. The minimum Gasteiger partial charge on any atom is -0.309 e. The molecule has 2 rings (SSSR count). The Morgan fingerprint density at radius 1 is 1.17 bits per heavy atom. The van der Waals surface area contributed by atoms with Crippen molar-refractivity contribution in [2.24, 2.45) is 0 Å². The monoisotopic (exact) mass is 268 g/mol. The highest BCUT2D eigenvalue weighted by atomic mass is 19.3. The molecule has 0 unspecified atom stereocenters. The maximum Gasteiger partial charge on any atom is 0.319 e. The van der Waals surface area contributed by atoms with Crippen molar-refractivity contribution in [3.63, 3.8) is 0 Å². The minimum absolute atomic E-state index is 0.116. The van der Waals surface area contributed by atoms with Gasteiger partial charge in [-0.1, -0.05) is 19.3 Å². The highest BCUT2D eigenvalue weighted by molar-refractivity contribution is 4.97. The molecule has 6 heteroatoms. The van der Waals surface area contributed by atoms with Crippen LogP contribution in [0.5, 0.6) is 0 Å². The number of piperazine rings is 1. The van der Waals surface area contributed by atoms with Crippen molar-refractivity contribution < 1.29 is 17.6 Å². The second kappa shape index (κ2) is 5.33. The normalized spacial score (nSPS) is 25.8. The molecule has 1 aliphatic heterocycles. The summed E-state index contributed by atoms with van der Waals surface area (Å²) >= 11 is 0. The lowest BCUT2D eigenvalue weighted by Crippen LogP contribution is -2.62. The van der Waals surface area contributed by atoms with Crippen LogP contribution in [0.15, 0.2) is 0 Å². The minimum atomic E-state index is -3.90. The molecule has 106 valence electrons. The van der Waals surface area contributed by atoms with Gasteiger partial charge in [-0.2, -0.15) is 8.78 Å². The molecule has 1 saturated heterocycles. The molecule has 0 amide bonds. The zero-order valence-electron chi connectivity index (χ0n) is 10.4. The molecule has 0 bridgehead atoms. The van der Waals surface area contributed by atoms with Gasteiger partial charge in [0.15, 0.2) is 0 Å². The van der Waals surface area contributed by atoms with Crippen molar-refractivity contribution in [1.82, 2.24) is 10.2 Å². The lowest BCUT2D eigenvalue weighted by Gasteiger charge is -2.46. The molecule has 1 N–H and O–H groups in total. The van der Waals surface area contributed by atoms with Crippen LogP contribution in [0, 0.1) is 0 Å². The summed E-state index contributed by atoms with van der Waals surface area (Å²) in [5, 5.41) is 3.41. The second-order valence-corrected chi connectivity index (χ2v) is 5.54. The Labute approximate surface area is 105 Å². The molecule has 18 heavy (non-hydrogen) atoms. The van der Waals surface area contributed by atoms with Gasteiger partial charge in [-0.15, -0.1) is 0 Å². The maximum absolute atomic E-state index is 13.1. The molecule has 0 aromatic heterocycles. The Hall–Kier alpha value is -0.360. The van der Waals surface area contributed by atoms with Crippen LogP contribution < -0.4 is 5.32 Å². The third-order valence-corrected chi connectivity index (χ3v) is 4.02. The molecule has 0 radical (unpaired) electrons. The summed E-state index contributed by atoms with van der Waals surface area (Å²) in [5.74, 6) is -3.90. The van der Waals surface area contributed by atoms with Crippen molar-refractivity contribution in [3.05, 3.63) is 0 Å². The molecule has 1 saturated carbocycles. The number of nitrogens with one attached hydrogen (secondary N) is 1. The number of alkyl halides is 4. The van der Waals surface area contributed by atoms with Gasteiger partial charge in [0.2, 0.25) is 0 Å². The summed E-state index contributed by atoms with van der Waals surface area (Å²) in [6.07, 6.45) is 1.71. The van der Waals surface area contributed by atoms with Crippen molar-refractivity contribution >= 4 is 0 Å². The van der Waals surface area contributed by atoms with Crippen LogP contribution in [0.4, 0.5) is 17.6 Å². The van der Waals surface area contributed by atoms with Crippen LogP contribution in [0.2, 0.25) is 0 Å². The predicted molar refractivity (Wildman–Crippen MR) is 61.2 cm³/mol. The van der Waals surface area contributed by atoms with Gasteiger partial charge in [0.25, 0.3) is 0 Å². The number of nitrogens with zero attached hydrogens (tertiary/aromatic N) is 1. The van der Waals surface area contributed by atoms with Crippen LogP contribution in [0.3, 0.4) is 0 Å². The zero-order chi connectivity index (χ0) is 13.2. The van der Waals surface area contributed by atoms with E-state index in [-0.39, 0.29) is 5.54 Å². The molecular weight excluding hydrogens is 248 g/mol. The molecule has 2 nitrogen and oxygen atoms in total. The summed E-state index contributed by atoms with van der Waals surface area (Å²) in [7, 11) is 0. The highest BCUT2D eigenvalue weighted by Gasteiger charge is 2.45. The smallest absolute Gasteiger partial charge is 0.309 e. The van der Waals surface area contributed by atoms with Crippen LogP contribution in [0.1, 0.15) is 32.1 Å². The summed E-state index contributed by atoms with van der Waals surface area (Å²) in [6.45, 7) is 0.673. The van der Waals surface area contributed by atoms with E-state index in [1.807, 2.05) is 0 Å². The standard InChI is InChI=1S/C12H20F4N2/c13-10(14)12(15,16)9-18-7-6-17-11(8-18)4-2-1-3-5-11/h10,17H,1-9H2. The highest BCUT2D eigenvalue weighted by Crippen LogP contribution is 2.32. The van der Waals surface area contributed by atoms with Crippen molar-refractivity contribution in [1.29, 1.82) is 0 Å². The van der Waals surface area contributed by atoms with E-state index in [0.717, 1.165) is 25.7 Å². The first-order chi connectivity index (χ1) is 8.44. The number of rotatable bonds is 3. The van der Waals surface area contributed by atoms with E-state index in [9.17, 15) is 17.6 Å². The molecule has 0 atom stereocenters. The SMILES string of the molecule is FC(F)C(F)(F)CN1CCNC2(CCCCC2)C1. The van der Waals surface area contributed by atoms with Gasteiger partial charge in [-0.25, -0.2) is 8.78 Å². The third kappa shape index (κ3) is 3.15.